The average Bonchev–Trinajstić information content (AvgIpc) is 1.39. The number of rotatable bonds is 0. The first kappa shape index (κ1) is 25.1. The zero-order valence-electron chi connectivity index (χ0n) is 4.10. The predicted octanol–water partition coefficient (Wildman–Crippen LogP) is -0.674. The lowest BCUT2D eigenvalue weighted by atomic mass is 11.9. The second kappa shape index (κ2) is 72.7. The molecule has 0 aliphatic carbocycles. The highest BCUT2D eigenvalue weighted by Gasteiger charge is 1.12. The lowest BCUT2D eigenvalue weighted by molar-refractivity contribution is 0.625. The molecular weight excluding hydrogens is 136 g/mol. The second-order valence-electron chi connectivity index (χ2n) is 0.418. The summed E-state index contributed by atoms with van der Waals surface area (Å²) in [6.07, 6.45) is 0. The van der Waals surface area contributed by atoms with E-state index in [4.69, 9.17) is 10.8 Å². The number of hydrogen-bond donors (Lipinski definition) is 1. The molecule has 0 rings (SSSR count). The van der Waals surface area contributed by atoms with Crippen LogP contribution >= 0.6 is 0 Å². The molecule has 0 fully saturated rings. The third kappa shape index (κ3) is 2140. The first-order chi connectivity index (χ1) is 2.83. The summed E-state index contributed by atoms with van der Waals surface area (Å²) in [4.78, 5) is 7.38. The fourth-order valence-electron chi connectivity index (χ4n) is 0. The van der Waals surface area contributed by atoms with Gasteiger partial charge in [0.25, 0.3) is 0 Å². The molecule has 4 heteroatoms. The van der Waals surface area contributed by atoms with E-state index in [1.54, 1.807) is 0 Å². The Labute approximate surface area is 55.2 Å². The molecule has 0 spiro atoms. The molecule has 0 saturated heterocycles. The Morgan fingerprint density at radius 3 is 1.38 bits per heavy atom. The van der Waals surface area contributed by atoms with Crippen LogP contribution in [-0.4, -0.2) is 28.4 Å². The van der Waals surface area contributed by atoms with Crippen molar-refractivity contribution in [1.29, 1.82) is 0 Å². The largest absolute Gasteiger partial charge is 0.521 e. The van der Waals surface area contributed by atoms with Gasteiger partial charge in [0.15, 0.2) is 0 Å². The minimum atomic E-state index is -0.417. The molecule has 2 nitrogen and oxygen atoms in total. The van der Waals surface area contributed by atoms with Crippen molar-refractivity contribution in [3.05, 3.63) is 0 Å². The molecule has 3 N–H and O–H groups in total. The molecule has 48 valence electrons. The van der Waals surface area contributed by atoms with Crippen molar-refractivity contribution in [2.45, 2.75) is 14.0 Å². The van der Waals surface area contributed by atoms with E-state index >= 15 is 0 Å². The van der Waals surface area contributed by atoms with E-state index in [9.17, 15) is 0 Å². The van der Waals surface area contributed by atoms with Crippen LogP contribution in [0.25, 0.3) is 0 Å². The van der Waals surface area contributed by atoms with Gasteiger partial charge in [-0.05, 0) is 15.5 Å². The quantitative estimate of drug-likeness (QED) is 0.455. The van der Waals surface area contributed by atoms with Gasteiger partial charge in [-0.1, -0.05) is 7.43 Å². The third-order valence-corrected chi connectivity index (χ3v) is 0. The van der Waals surface area contributed by atoms with Crippen molar-refractivity contribution in [2.75, 3.05) is 0 Å². The van der Waals surface area contributed by atoms with Crippen LogP contribution in [0.2, 0.25) is 6.55 Å². The van der Waals surface area contributed by atoms with Crippen LogP contribution in [0.15, 0.2) is 0 Å². The molecule has 0 amide bonds. The van der Waals surface area contributed by atoms with Gasteiger partial charge in [-0.2, -0.15) is 6.00 Å². The van der Waals surface area contributed by atoms with Gasteiger partial charge >= 0.3 is 0 Å². The minimum Gasteiger partial charge on any atom is -0.521 e. The van der Waals surface area contributed by atoms with Gasteiger partial charge in [0.1, 0.15) is 0 Å². The summed E-state index contributed by atoms with van der Waals surface area (Å²) in [5.41, 5.74) is 0. The third-order valence-electron chi connectivity index (χ3n) is 0. The monoisotopic (exact) mass is 148 g/mol. The van der Waals surface area contributed by atoms with Crippen LogP contribution in [0.1, 0.15) is 7.43 Å². The van der Waals surface area contributed by atoms with E-state index in [-0.39, 0.29) is 12.9 Å². The maximum atomic E-state index is 7.38. The molecule has 8 heavy (non-hydrogen) atoms. The van der Waals surface area contributed by atoms with E-state index in [0.717, 1.165) is 0 Å². The highest BCUT2D eigenvalue weighted by atomic mass is 28.2. The van der Waals surface area contributed by atoms with Crippen LogP contribution in [0.5, 0.6) is 0 Å². The van der Waals surface area contributed by atoms with Crippen LogP contribution < -0.4 is 0 Å². The summed E-state index contributed by atoms with van der Waals surface area (Å²) in [7, 11) is 0.167. The van der Waals surface area contributed by atoms with Crippen LogP contribution in [0.4, 0.5) is 0 Å². The summed E-state index contributed by atoms with van der Waals surface area (Å²) < 4.78 is 0. The molecule has 0 heterocycles. The van der Waals surface area contributed by atoms with Crippen molar-refractivity contribution in [3.8, 4) is 12.0 Å². The first-order valence-electron chi connectivity index (χ1n) is 1.30. The summed E-state index contributed by atoms with van der Waals surface area (Å²) in [6, 6.07) is 9.31. The van der Waals surface area contributed by atoms with Crippen molar-refractivity contribution < 1.29 is 10.3 Å². The van der Waals surface area contributed by atoms with Gasteiger partial charge in [0.2, 0.25) is 9.20 Å². The van der Waals surface area contributed by atoms with Crippen LogP contribution in [0, 0.1) is 12.0 Å². The standard InChI is InChI=1S/C2H4Si.CH2OSi.CH4.H2O/c2*1-3-2;;/h1H,2H3;1-2H;1H4;1H2. The number of hydrogen-bond acceptors (Lipinski definition) is 1. The molecule has 0 aromatic rings. The lowest BCUT2D eigenvalue weighted by Gasteiger charge is -1.31. The lowest BCUT2D eigenvalue weighted by Crippen LogP contribution is -1.46. The summed E-state index contributed by atoms with van der Waals surface area (Å²) in [6.45, 7) is 1.93. The second-order valence-corrected chi connectivity index (χ2v) is 1.25. The Kier molecular flexibility index (Phi) is 228. The molecule has 0 bridgehead atoms. The van der Waals surface area contributed by atoms with Gasteiger partial charge in [-0.15, -0.1) is 6.00 Å². The van der Waals surface area contributed by atoms with Crippen molar-refractivity contribution in [3.63, 3.8) is 0 Å². The van der Waals surface area contributed by atoms with E-state index in [2.05, 4.69) is 6.00 Å². The predicted molar refractivity (Wildman–Crippen MR) is 39.8 cm³/mol. The van der Waals surface area contributed by atoms with E-state index in [1.807, 2.05) is 6.55 Å². The summed E-state index contributed by atoms with van der Waals surface area (Å²) >= 11 is 0. The molecule has 0 aliphatic rings. The van der Waals surface area contributed by atoms with Crippen molar-refractivity contribution in [2.24, 2.45) is 0 Å². The van der Waals surface area contributed by atoms with E-state index in [1.165, 1.54) is 0 Å². The Morgan fingerprint density at radius 2 is 1.38 bits per heavy atom. The Hall–Kier alpha value is -0.246. The average molecular weight is 148 g/mol. The summed E-state index contributed by atoms with van der Waals surface area (Å²) in [5, 5.41) is 0. The Balaban J connectivity index is -0.0000000160. The van der Waals surface area contributed by atoms with Gasteiger partial charge < -0.3 is 10.3 Å². The molecule has 0 unspecified atom stereocenters. The summed E-state index contributed by atoms with van der Waals surface area (Å²) in [5.74, 6) is 0. The maximum Gasteiger partial charge on any atom is 0.237 e. The van der Waals surface area contributed by atoms with Gasteiger partial charge in [0, 0.05) is 0 Å². The Morgan fingerprint density at radius 1 is 1.38 bits per heavy atom. The topological polar surface area (TPSA) is 51.7 Å². The molecular formula is C4H12O2Si2. The zero-order chi connectivity index (χ0) is 5.41. The van der Waals surface area contributed by atoms with Crippen LogP contribution in [-0.2, 0) is 0 Å². The highest BCUT2D eigenvalue weighted by Crippen LogP contribution is 1.08. The van der Waals surface area contributed by atoms with Crippen molar-refractivity contribution >= 4 is 18.2 Å². The molecule has 0 aromatic carbocycles. The fraction of sp³-hybridized carbons (Fsp3) is 0.500. The van der Waals surface area contributed by atoms with Gasteiger partial charge in [-0.3, -0.25) is 0 Å². The van der Waals surface area contributed by atoms with Crippen molar-refractivity contribution in [1.82, 2.24) is 0 Å². The SMILES string of the molecule is C.C#[Si]C.C#[Si]O.O. The molecule has 0 atom stereocenters. The first-order valence-corrected chi connectivity index (χ1v) is 3.90. The molecule has 0 saturated carbocycles. The fourth-order valence-corrected chi connectivity index (χ4v) is 0. The smallest absolute Gasteiger partial charge is 0.237 e. The normalized spacial score (nSPS) is 1.88. The molecule has 0 aromatic heterocycles. The maximum absolute atomic E-state index is 7.38. The van der Waals surface area contributed by atoms with Gasteiger partial charge in [0.05, 0.1) is 0 Å². The molecule has 0 radical (unpaired) electrons. The highest BCUT2D eigenvalue weighted by molar-refractivity contribution is 6.19. The molecule has 0 aliphatic heterocycles. The van der Waals surface area contributed by atoms with E-state index < -0.39 is 9.20 Å². The van der Waals surface area contributed by atoms with Gasteiger partial charge in [-0.25, -0.2) is 0 Å². The van der Waals surface area contributed by atoms with Crippen LogP contribution in [0.3, 0.4) is 0 Å². The minimum absolute atomic E-state index is 0. The Bertz CT molecular complexity index is 67.0. The zero-order valence-corrected chi connectivity index (χ0v) is 6.10. The van der Waals surface area contributed by atoms with E-state index in [0.29, 0.717) is 8.96 Å².